The van der Waals surface area contributed by atoms with E-state index in [4.69, 9.17) is 4.74 Å². The van der Waals surface area contributed by atoms with Crippen molar-refractivity contribution in [3.05, 3.63) is 71.5 Å². The standard InChI is InChI=1S/C19H16N2O4/c1-25-17-7-6-12(8-15(17)19(23)24)9-21-18(22)16-11-20-10-13-4-2-3-5-14(13)16/h2-8,10-11H,9H2,1H3,(H,21,22)(H,23,24). The summed E-state index contributed by atoms with van der Waals surface area (Å²) in [5.74, 6) is -1.07. The minimum Gasteiger partial charge on any atom is -0.496 e. The number of nitrogens with zero attached hydrogens (tertiary/aromatic N) is 1. The molecular weight excluding hydrogens is 320 g/mol. The minimum absolute atomic E-state index is 0.0566. The fraction of sp³-hybridized carbons (Fsp3) is 0.105. The summed E-state index contributed by atoms with van der Waals surface area (Å²) >= 11 is 0. The van der Waals surface area contributed by atoms with Crippen LogP contribution in [0.4, 0.5) is 0 Å². The second kappa shape index (κ2) is 7.00. The Balaban J connectivity index is 1.80. The molecule has 1 heterocycles. The molecule has 3 rings (SSSR count). The van der Waals surface area contributed by atoms with Crippen molar-refractivity contribution in [3.8, 4) is 5.75 Å². The molecule has 1 amide bonds. The number of methoxy groups -OCH3 is 1. The van der Waals surface area contributed by atoms with Crippen LogP contribution in [0.5, 0.6) is 5.75 Å². The number of pyridine rings is 1. The van der Waals surface area contributed by atoms with Gasteiger partial charge in [-0.15, -0.1) is 0 Å². The number of ether oxygens (including phenoxy) is 1. The van der Waals surface area contributed by atoms with Crippen LogP contribution >= 0.6 is 0 Å². The van der Waals surface area contributed by atoms with E-state index in [0.717, 1.165) is 10.8 Å². The van der Waals surface area contributed by atoms with Crippen LogP contribution in [-0.2, 0) is 6.54 Å². The molecule has 2 aromatic carbocycles. The van der Waals surface area contributed by atoms with Crippen molar-refractivity contribution in [1.82, 2.24) is 10.3 Å². The molecule has 0 aliphatic rings. The molecule has 6 nitrogen and oxygen atoms in total. The van der Waals surface area contributed by atoms with Crippen molar-refractivity contribution < 1.29 is 19.4 Å². The monoisotopic (exact) mass is 336 g/mol. The highest BCUT2D eigenvalue weighted by molar-refractivity contribution is 6.06. The van der Waals surface area contributed by atoms with E-state index in [-0.39, 0.29) is 23.8 Å². The molecule has 0 unspecified atom stereocenters. The molecule has 0 saturated heterocycles. The van der Waals surface area contributed by atoms with Gasteiger partial charge >= 0.3 is 5.97 Å². The molecule has 2 N–H and O–H groups in total. The van der Waals surface area contributed by atoms with E-state index in [9.17, 15) is 14.7 Å². The fourth-order valence-electron chi connectivity index (χ4n) is 2.61. The van der Waals surface area contributed by atoms with Crippen molar-refractivity contribution in [2.45, 2.75) is 6.54 Å². The Morgan fingerprint density at radius 2 is 1.92 bits per heavy atom. The van der Waals surface area contributed by atoms with E-state index in [1.54, 1.807) is 18.3 Å². The van der Waals surface area contributed by atoms with Gasteiger partial charge in [-0.25, -0.2) is 4.79 Å². The minimum atomic E-state index is -1.08. The second-order valence-corrected chi connectivity index (χ2v) is 5.43. The van der Waals surface area contributed by atoms with Crippen molar-refractivity contribution in [2.24, 2.45) is 0 Å². The molecule has 0 spiro atoms. The van der Waals surface area contributed by atoms with Crippen LogP contribution in [0, 0.1) is 0 Å². The van der Waals surface area contributed by atoms with Crippen LogP contribution < -0.4 is 10.1 Å². The summed E-state index contributed by atoms with van der Waals surface area (Å²) < 4.78 is 5.03. The number of benzene rings is 2. The van der Waals surface area contributed by atoms with Crippen LogP contribution in [0.3, 0.4) is 0 Å². The lowest BCUT2D eigenvalue weighted by Gasteiger charge is -2.10. The van der Waals surface area contributed by atoms with Gasteiger partial charge in [-0.1, -0.05) is 30.3 Å². The van der Waals surface area contributed by atoms with E-state index in [1.807, 2.05) is 24.3 Å². The number of carbonyl (C=O) groups excluding carboxylic acids is 1. The number of carbonyl (C=O) groups is 2. The number of aromatic carboxylic acids is 1. The summed E-state index contributed by atoms with van der Waals surface area (Å²) in [5, 5.41) is 13.7. The summed E-state index contributed by atoms with van der Waals surface area (Å²) in [6.07, 6.45) is 3.23. The molecule has 0 aliphatic heterocycles. The van der Waals surface area contributed by atoms with Crippen LogP contribution in [-0.4, -0.2) is 29.1 Å². The molecule has 1 aromatic heterocycles. The predicted octanol–water partition coefficient (Wildman–Crippen LogP) is 2.87. The number of fused-ring (bicyclic) bond motifs is 1. The molecule has 0 bridgehead atoms. The van der Waals surface area contributed by atoms with Gasteiger partial charge in [0.05, 0.1) is 12.7 Å². The zero-order valence-electron chi connectivity index (χ0n) is 13.5. The smallest absolute Gasteiger partial charge is 0.339 e. The average molecular weight is 336 g/mol. The van der Waals surface area contributed by atoms with E-state index in [2.05, 4.69) is 10.3 Å². The first kappa shape index (κ1) is 16.4. The Kier molecular flexibility index (Phi) is 4.61. The average Bonchev–Trinajstić information content (AvgIpc) is 2.65. The fourth-order valence-corrected chi connectivity index (χ4v) is 2.61. The Hall–Kier alpha value is -3.41. The number of carboxylic acids is 1. The van der Waals surface area contributed by atoms with Gasteiger partial charge in [0, 0.05) is 24.3 Å². The molecule has 0 radical (unpaired) electrons. The highest BCUT2D eigenvalue weighted by Gasteiger charge is 2.13. The number of aromatic nitrogens is 1. The number of carboxylic acid groups (broad SMARTS) is 1. The van der Waals surface area contributed by atoms with Gasteiger partial charge in [-0.3, -0.25) is 9.78 Å². The summed E-state index contributed by atoms with van der Waals surface area (Å²) in [7, 11) is 1.41. The van der Waals surface area contributed by atoms with Gasteiger partial charge < -0.3 is 15.2 Å². The largest absolute Gasteiger partial charge is 0.496 e. The van der Waals surface area contributed by atoms with Crippen molar-refractivity contribution in [1.29, 1.82) is 0 Å². The van der Waals surface area contributed by atoms with E-state index in [0.29, 0.717) is 11.1 Å². The number of nitrogens with one attached hydrogen (secondary N) is 1. The van der Waals surface area contributed by atoms with Gasteiger partial charge in [0.2, 0.25) is 0 Å². The van der Waals surface area contributed by atoms with Gasteiger partial charge in [0.1, 0.15) is 11.3 Å². The van der Waals surface area contributed by atoms with E-state index in [1.165, 1.54) is 19.4 Å². The molecule has 0 atom stereocenters. The molecule has 0 aliphatic carbocycles. The molecule has 0 fully saturated rings. The third-order valence-corrected chi connectivity index (χ3v) is 3.86. The van der Waals surface area contributed by atoms with E-state index >= 15 is 0 Å². The molecule has 126 valence electrons. The highest BCUT2D eigenvalue weighted by Crippen LogP contribution is 2.20. The Morgan fingerprint density at radius 1 is 1.12 bits per heavy atom. The van der Waals surface area contributed by atoms with Gasteiger partial charge in [0.25, 0.3) is 5.91 Å². The quantitative estimate of drug-likeness (QED) is 0.748. The molecule has 0 saturated carbocycles. The van der Waals surface area contributed by atoms with E-state index < -0.39 is 5.97 Å². The van der Waals surface area contributed by atoms with Gasteiger partial charge in [-0.2, -0.15) is 0 Å². The molecule has 6 heteroatoms. The first-order chi connectivity index (χ1) is 12.1. The maximum Gasteiger partial charge on any atom is 0.339 e. The SMILES string of the molecule is COc1ccc(CNC(=O)c2cncc3ccccc23)cc1C(=O)O. The van der Waals surface area contributed by atoms with Crippen LogP contribution in [0.25, 0.3) is 10.8 Å². The first-order valence-corrected chi connectivity index (χ1v) is 7.61. The van der Waals surface area contributed by atoms with Gasteiger partial charge in [-0.05, 0) is 23.1 Å². The topological polar surface area (TPSA) is 88.5 Å². The maximum atomic E-state index is 12.5. The summed E-state index contributed by atoms with van der Waals surface area (Å²) in [5.41, 5.74) is 1.20. The van der Waals surface area contributed by atoms with Gasteiger partial charge in [0.15, 0.2) is 0 Å². The zero-order chi connectivity index (χ0) is 17.8. The van der Waals surface area contributed by atoms with Crippen LogP contribution in [0.1, 0.15) is 26.3 Å². The molecular formula is C19H16N2O4. The number of rotatable bonds is 5. The second-order valence-electron chi connectivity index (χ2n) is 5.43. The normalized spacial score (nSPS) is 10.4. The van der Waals surface area contributed by atoms with Crippen molar-refractivity contribution in [2.75, 3.05) is 7.11 Å². The lowest BCUT2D eigenvalue weighted by molar-refractivity contribution is 0.0693. The summed E-state index contributed by atoms with van der Waals surface area (Å²) in [4.78, 5) is 27.8. The number of hydrogen-bond acceptors (Lipinski definition) is 4. The van der Waals surface area contributed by atoms with Crippen LogP contribution in [0.2, 0.25) is 0 Å². The van der Waals surface area contributed by atoms with Crippen LogP contribution in [0.15, 0.2) is 54.9 Å². The Labute approximate surface area is 144 Å². The Morgan fingerprint density at radius 3 is 2.68 bits per heavy atom. The third kappa shape index (κ3) is 3.42. The molecule has 3 aromatic rings. The van der Waals surface area contributed by atoms with Crippen molar-refractivity contribution >= 4 is 22.6 Å². The first-order valence-electron chi connectivity index (χ1n) is 7.61. The summed E-state index contributed by atoms with van der Waals surface area (Å²) in [6.45, 7) is 0.201. The lowest BCUT2D eigenvalue weighted by atomic mass is 10.1. The summed E-state index contributed by atoms with van der Waals surface area (Å²) in [6, 6.07) is 12.3. The number of hydrogen-bond donors (Lipinski definition) is 2. The predicted molar refractivity (Wildman–Crippen MR) is 92.9 cm³/mol. The number of amides is 1. The Bertz CT molecular complexity index is 948. The maximum absolute atomic E-state index is 12.5. The van der Waals surface area contributed by atoms with Crippen molar-refractivity contribution in [3.63, 3.8) is 0 Å². The lowest BCUT2D eigenvalue weighted by Crippen LogP contribution is -2.23. The third-order valence-electron chi connectivity index (χ3n) is 3.86. The zero-order valence-corrected chi connectivity index (χ0v) is 13.5. The highest BCUT2D eigenvalue weighted by atomic mass is 16.5. The molecule has 25 heavy (non-hydrogen) atoms.